The lowest BCUT2D eigenvalue weighted by Crippen LogP contribution is -2.48. The summed E-state index contributed by atoms with van der Waals surface area (Å²) in [5.41, 5.74) is 1.99. The van der Waals surface area contributed by atoms with Crippen molar-refractivity contribution in [2.24, 2.45) is 0 Å². The SMILES string of the molecule is Cc1ccc2c(=O)n(CC3(O)CCN(c4ccccc4)CC3)cnc2c1. The zero-order valence-electron chi connectivity index (χ0n) is 14.9. The number of piperidine rings is 1. The number of aromatic nitrogens is 2. The molecule has 0 unspecified atom stereocenters. The summed E-state index contributed by atoms with van der Waals surface area (Å²) < 4.78 is 1.55. The van der Waals surface area contributed by atoms with Gasteiger partial charge in [-0.2, -0.15) is 0 Å². The average molecular weight is 349 g/mol. The van der Waals surface area contributed by atoms with Gasteiger partial charge in [0.15, 0.2) is 0 Å². The third-order valence-electron chi connectivity index (χ3n) is 5.26. The summed E-state index contributed by atoms with van der Waals surface area (Å²) in [4.78, 5) is 19.4. The van der Waals surface area contributed by atoms with Crippen molar-refractivity contribution in [3.8, 4) is 0 Å². The van der Waals surface area contributed by atoms with E-state index in [1.54, 1.807) is 10.9 Å². The highest BCUT2D eigenvalue weighted by Crippen LogP contribution is 2.27. The Hall–Kier alpha value is -2.66. The van der Waals surface area contributed by atoms with E-state index in [0.29, 0.717) is 23.7 Å². The highest BCUT2D eigenvalue weighted by atomic mass is 16.3. The standard InChI is InChI=1S/C21H23N3O2/c1-16-7-8-18-19(13-16)22-15-24(20(18)25)14-21(26)9-11-23(12-10-21)17-5-3-2-4-6-17/h2-8,13,15,26H,9-12,14H2,1H3. The lowest BCUT2D eigenvalue weighted by molar-refractivity contribution is -0.00101. The number of para-hydroxylation sites is 1. The summed E-state index contributed by atoms with van der Waals surface area (Å²) >= 11 is 0. The van der Waals surface area contributed by atoms with Crippen LogP contribution in [0.25, 0.3) is 10.9 Å². The minimum absolute atomic E-state index is 0.0890. The maximum absolute atomic E-state index is 12.7. The first-order valence-electron chi connectivity index (χ1n) is 9.02. The molecule has 1 aliphatic heterocycles. The van der Waals surface area contributed by atoms with Crippen molar-refractivity contribution in [2.45, 2.75) is 31.9 Å². The molecule has 1 aromatic heterocycles. The van der Waals surface area contributed by atoms with Crippen molar-refractivity contribution in [3.63, 3.8) is 0 Å². The van der Waals surface area contributed by atoms with E-state index in [0.717, 1.165) is 18.7 Å². The van der Waals surface area contributed by atoms with Crippen molar-refractivity contribution in [1.82, 2.24) is 9.55 Å². The molecule has 1 fully saturated rings. The number of aryl methyl sites for hydroxylation is 1. The Morgan fingerprint density at radius 2 is 1.85 bits per heavy atom. The van der Waals surface area contributed by atoms with Crippen LogP contribution in [-0.4, -0.2) is 33.3 Å². The quantitative estimate of drug-likeness (QED) is 0.790. The maximum Gasteiger partial charge on any atom is 0.261 e. The van der Waals surface area contributed by atoms with Gasteiger partial charge in [0.25, 0.3) is 5.56 Å². The van der Waals surface area contributed by atoms with Crippen molar-refractivity contribution in [1.29, 1.82) is 0 Å². The summed E-state index contributed by atoms with van der Waals surface area (Å²) in [7, 11) is 0. The molecule has 2 heterocycles. The molecular formula is C21H23N3O2. The van der Waals surface area contributed by atoms with Gasteiger partial charge in [0.1, 0.15) is 0 Å². The second kappa shape index (κ2) is 6.57. The third-order valence-corrected chi connectivity index (χ3v) is 5.26. The van der Waals surface area contributed by atoms with Gasteiger partial charge < -0.3 is 10.0 Å². The predicted molar refractivity (Wildman–Crippen MR) is 104 cm³/mol. The van der Waals surface area contributed by atoms with Crippen LogP contribution in [0.4, 0.5) is 5.69 Å². The largest absolute Gasteiger partial charge is 0.388 e. The molecule has 4 rings (SSSR count). The highest BCUT2D eigenvalue weighted by molar-refractivity contribution is 5.77. The minimum atomic E-state index is -0.880. The fraction of sp³-hybridized carbons (Fsp3) is 0.333. The molecule has 0 aliphatic carbocycles. The van der Waals surface area contributed by atoms with Crippen LogP contribution >= 0.6 is 0 Å². The lowest BCUT2D eigenvalue weighted by Gasteiger charge is -2.39. The van der Waals surface area contributed by atoms with E-state index in [2.05, 4.69) is 22.0 Å². The number of fused-ring (bicyclic) bond motifs is 1. The van der Waals surface area contributed by atoms with Crippen molar-refractivity contribution < 1.29 is 5.11 Å². The van der Waals surface area contributed by atoms with E-state index in [4.69, 9.17) is 0 Å². The van der Waals surface area contributed by atoms with Crippen molar-refractivity contribution in [2.75, 3.05) is 18.0 Å². The zero-order valence-corrected chi connectivity index (χ0v) is 14.9. The molecule has 0 spiro atoms. The van der Waals surface area contributed by atoms with E-state index < -0.39 is 5.60 Å². The van der Waals surface area contributed by atoms with Crippen LogP contribution in [-0.2, 0) is 6.54 Å². The Morgan fingerprint density at radius 1 is 1.12 bits per heavy atom. The number of benzene rings is 2. The molecule has 1 N–H and O–H groups in total. The van der Waals surface area contributed by atoms with E-state index in [9.17, 15) is 9.90 Å². The van der Waals surface area contributed by atoms with Gasteiger partial charge in [0.2, 0.25) is 0 Å². The molecule has 26 heavy (non-hydrogen) atoms. The van der Waals surface area contributed by atoms with Crippen LogP contribution in [0.5, 0.6) is 0 Å². The first-order chi connectivity index (χ1) is 12.5. The number of hydrogen-bond donors (Lipinski definition) is 1. The van der Waals surface area contributed by atoms with E-state index in [1.165, 1.54) is 5.69 Å². The van der Waals surface area contributed by atoms with Gasteiger partial charge in [-0.15, -0.1) is 0 Å². The Balaban J connectivity index is 1.52. The normalized spacial score (nSPS) is 16.8. The second-order valence-corrected chi connectivity index (χ2v) is 7.25. The number of anilines is 1. The van der Waals surface area contributed by atoms with Gasteiger partial charge in [-0.1, -0.05) is 24.3 Å². The van der Waals surface area contributed by atoms with Crippen LogP contribution in [0.1, 0.15) is 18.4 Å². The van der Waals surface area contributed by atoms with Crippen LogP contribution in [0, 0.1) is 6.92 Å². The van der Waals surface area contributed by atoms with Crippen LogP contribution in [0.2, 0.25) is 0 Å². The molecule has 1 saturated heterocycles. The average Bonchev–Trinajstić information content (AvgIpc) is 2.65. The number of nitrogens with zero attached hydrogens (tertiary/aromatic N) is 3. The third kappa shape index (κ3) is 3.22. The molecule has 0 bridgehead atoms. The molecular weight excluding hydrogens is 326 g/mol. The second-order valence-electron chi connectivity index (χ2n) is 7.25. The van der Waals surface area contributed by atoms with E-state index in [1.807, 2.05) is 43.3 Å². The monoisotopic (exact) mass is 349 g/mol. The number of hydrogen-bond acceptors (Lipinski definition) is 4. The van der Waals surface area contributed by atoms with Crippen molar-refractivity contribution in [3.05, 3.63) is 70.8 Å². The molecule has 0 radical (unpaired) electrons. The molecule has 0 atom stereocenters. The molecule has 2 aromatic carbocycles. The molecule has 3 aromatic rings. The molecule has 5 nitrogen and oxygen atoms in total. The van der Waals surface area contributed by atoms with Gasteiger partial charge in [-0.05, 0) is 49.6 Å². The number of rotatable bonds is 3. The summed E-state index contributed by atoms with van der Waals surface area (Å²) in [5, 5.41) is 11.6. The topological polar surface area (TPSA) is 58.4 Å². The van der Waals surface area contributed by atoms with Crippen LogP contribution in [0.3, 0.4) is 0 Å². The first kappa shape index (κ1) is 16.8. The fourth-order valence-corrected chi connectivity index (χ4v) is 3.68. The van der Waals surface area contributed by atoms with Gasteiger partial charge >= 0.3 is 0 Å². The van der Waals surface area contributed by atoms with Gasteiger partial charge in [-0.25, -0.2) is 4.98 Å². The smallest absolute Gasteiger partial charge is 0.261 e. The van der Waals surface area contributed by atoms with Gasteiger partial charge in [0.05, 0.1) is 29.4 Å². The predicted octanol–water partition coefficient (Wildman–Crippen LogP) is 2.74. The van der Waals surface area contributed by atoms with Crippen molar-refractivity contribution >= 4 is 16.6 Å². The Labute approximate surface area is 152 Å². The Morgan fingerprint density at radius 3 is 2.58 bits per heavy atom. The molecule has 134 valence electrons. The van der Waals surface area contributed by atoms with Crippen LogP contribution in [0.15, 0.2) is 59.7 Å². The fourth-order valence-electron chi connectivity index (χ4n) is 3.68. The summed E-state index contributed by atoms with van der Waals surface area (Å²) in [6, 6.07) is 15.9. The van der Waals surface area contributed by atoms with E-state index >= 15 is 0 Å². The molecule has 5 heteroatoms. The van der Waals surface area contributed by atoms with Gasteiger partial charge in [0, 0.05) is 18.8 Å². The summed E-state index contributed by atoms with van der Waals surface area (Å²) in [5.74, 6) is 0. The van der Waals surface area contributed by atoms with Crippen LogP contribution < -0.4 is 10.5 Å². The van der Waals surface area contributed by atoms with E-state index in [-0.39, 0.29) is 12.1 Å². The minimum Gasteiger partial charge on any atom is -0.388 e. The molecule has 1 aliphatic rings. The Kier molecular flexibility index (Phi) is 4.24. The highest BCUT2D eigenvalue weighted by Gasteiger charge is 2.33. The number of aliphatic hydroxyl groups is 1. The summed E-state index contributed by atoms with van der Waals surface area (Å²) in [6.45, 7) is 3.81. The lowest BCUT2D eigenvalue weighted by atomic mass is 9.91. The zero-order chi connectivity index (χ0) is 18.1. The summed E-state index contributed by atoms with van der Waals surface area (Å²) in [6.07, 6.45) is 2.81. The molecule has 0 saturated carbocycles. The molecule has 0 amide bonds. The maximum atomic E-state index is 12.7. The van der Waals surface area contributed by atoms with Gasteiger partial charge in [-0.3, -0.25) is 9.36 Å². The Bertz CT molecular complexity index is 973. The first-order valence-corrected chi connectivity index (χ1v) is 9.02.